The highest BCUT2D eigenvalue weighted by atomic mass is 16.6. The van der Waals surface area contributed by atoms with Crippen LogP contribution in [0.5, 0.6) is 0 Å². The van der Waals surface area contributed by atoms with Gasteiger partial charge in [-0.25, -0.2) is 14.8 Å². The summed E-state index contributed by atoms with van der Waals surface area (Å²) < 4.78 is 5.30. The van der Waals surface area contributed by atoms with Gasteiger partial charge in [-0.2, -0.15) is 5.10 Å². The van der Waals surface area contributed by atoms with Gasteiger partial charge in [-0.15, -0.1) is 0 Å². The molecule has 170 valence electrons. The van der Waals surface area contributed by atoms with Crippen molar-refractivity contribution in [1.82, 2.24) is 30.5 Å². The Balaban J connectivity index is 1.57. The summed E-state index contributed by atoms with van der Waals surface area (Å²) in [7, 11) is 0. The first kappa shape index (κ1) is 22.0. The number of rotatable bonds is 6. The number of ether oxygens (including phenoxy) is 1. The van der Waals surface area contributed by atoms with Gasteiger partial charge >= 0.3 is 6.09 Å². The van der Waals surface area contributed by atoms with Crippen molar-refractivity contribution in [1.29, 1.82) is 0 Å². The van der Waals surface area contributed by atoms with Gasteiger partial charge in [0.15, 0.2) is 5.82 Å². The third-order valence-corrected chi connectivity index (χ3v) is 4.88. The van der Waals surface area contributed by atoms with Crippen LogP contribution in [0, 0.1) is 0 Å². The van der Waals surface area contributed by atoms with E-state index in [2.05, 4.69) is 35.8 Å². The molecule has 1 atom stereocenters. The van der Waals surface area contributed by atoms with E-state index in [9.17, 15) is 9.59 Å². The summed E-state index contributed by atoms with van der Waals surface area (Å²) in [6.07, 6.45) is 6.05. The molecule has 0 aliphatic carbocycles. The van der Waals surface area contributed by atoms with E-state index in [0.29, 0.717) is 16.9 Å². The molecular formula is C23H25N7O3. The molecule has 4 aromatic rings. The number of benzene rings is 1. The van der Waals surface area contributed by atoms with Gasteiger partial charge in [-0.05, 0) is 26.3 Å². The normalized spacial score (nSPS) is 12.3. The maximum atomic E-state index is 13.3. The minimum Gasteiger partial charge on any atom is -0.444 e. The van der Waals surface area contributed by atoms with E-state index in [1.807, 2.05) is 30.3 Å². The SMILES string of the molecule is CC(C)(C)OC(=O)NC[C@@H](C(=O)Nc1ncnc2c(-c3cn[nH]c3)c[nH]c12)c1ccccc1. The molecule has 0 spiro atoms. The molecule has 1 aromatic carbocycles. The maximum Gasteiger partial charge on any atom is 0.407 e. The molecular weight excluding hydrogens is 422 g/mol. The number of alkyl carbamates (subject to hydrolysis) is 1. The van der Waals surface area contributed by atoms with E-state index >= 15 is 0 Å². The van der Waals surface area contributed by atoms with Gasteiger partial charge in [0.05, 0.1) is 12.1 Å². The van der Waals surface area contributed by atoms with Crippen molar-refractivity contribution in [2.75, 3.05) is 11.9 Å². The van der Waals surface area contributed by atoms with Gasteiger partial charge in [0.25, 0.3) is 0 Å². The zero-order valence-corrected chi connectivity index (χ0v) is 18.5. The number of nitrogens with one attached hydrogen (secondary N) is 4. The van der Waals surface area contributed by atoms with Crippen molar-refractivity contribution in [2.24, 2.45) is 0 Å². The Morgan fingerprint density at radius 2 is 1.91 bits per heavy atom. The van der Waals surface area contributed by atoms with Crippen LogP contribution >= 0.6 is 0 Å². The monoisotopic (exact) mass is 447 g/mol. The van der Waals surface area contributed by atoms with E-state index in [0.717, 1.165) is 16.7 Å². The Hall–Kier alpha value is -4.21. The first-order valence-corrected chi connectivity index (χ1v) is 10.5. The molecule has 0 saturated carbocycles. The number of aromatic amines is 2. The second-order valence-electron chi connectivity index (χ2n) is 8.47. The van der Waals surface area contributed by atoms with Gasteiger partial charge in [0.1, 0.15) is 23.0 Å². The minimum absolute atomic E-state index is 0.0595. The van der Waals surface area contributed by atoms with E-state index < -0.39 is 17.6 Å². The lowest BCUT2D eigenvalue weighted by Crippen LogP contribution is -2.37. The molecule has 0 saturated heterocycles. The highest BCUT2D eigenvalue weighted by molar-refractivity contribution is 6.04. The minimum atomic E-state index is -0.660. The number of amides is 2. The quantitative estimate of drug-likeness (QED) is 0.356. The van der Waals surface area contributed by atoms with Crippen LogP contribution in [0.1, 0.15) is 32.3 Å². The van der Waals surface area contributed by atoms with Crippen molar-refractivity contribution >= 4 is 28.9 Å². The van der Waals surface area contributed by atoms with Crippen molar-refractivity contribution in [2.45, 2.75) is 32.3 Å². The van der Waals surface area contributed by atoms with Crippen molar-refractivity contribution in [3.63, 3.8) is 0 Å². The standard InChI is InChI=1S/C23H25N7O3/c1-23(2,3)33-22(32)25-12-17(14-7-5-4-6-8-14)21(31)30-20-19-18(26-13-27-20)16(11-24-19)15-9-28-29-10-15/h4-11,13,17,24H,12H2,1-3H3,(H,25,32)(H,28,29)(H,26,27,30,31)/t17-/m1/s1. The van der Waals surface area contributed by atoms with E-state index in [4.69, 9.17) is 4.74 Å². The number of carbonyl (C=O) groups is 2. The molecule has 0 aliphatic heterocycles. The molecule has 4 N–H and O–H groups in total. The Morgan fingerprint density at radius 3 is 2.61 bits per heavy atom. The number of carbonyl (C=O) groups excluding carboxylic acids is 2. The maximum absolute atomic E-state index is 13.3. The number of hydrogen-bond acceptors (Lipinski definition) is 6. The molecule has 0 radical (unpaired) electrons. The summed E-state index contributed by atoms with van der Waals surface area (Å²) in [6, 6.07) is 9.22. The Kier molecular flexibility index (Phi) is 6.07. The number of fused-ring (bicyclic) bond motifs is 1. The molecule has 33 heavy (non-hydrogen) atoms. The molecule has 0 aliphatic rings. The predicted octanol–water partition coefficient (Wildman–Crippen LogP) is 3.60. The number of anilines is 1. The van der Waals surface area contributed by atoms with Gasteiger partial charge in [-0.3, -0.25) is 9.89 Å². The highest BCUT2D eigenvalue weighted by Crippen LogP contribution is 2.29. The third-order valence-electron chi connectivity index (χ3n) is 4.88. The number of aromatic nitrogens is 5. The fourth-order valence-corrected chi connectivity index (χ4v) is 3.40. The molecule has 3 heterocycles. The predicted molar refractivity (Wildman–Crippen MR) is 124 cm³/mol. The van der Waals surface area contributed by atoms with Crippen molar-refractivity contribution < 1.29 is 14.3 Å². The second kappa shape index (κ2) is 9.11. The zero-order valence-electron chi connectivity index (χ0n) is 18.5. The highest BCUT2D eigenvalue weighted by Gasteiger charge is 2.25. The molecule has 0 bridgehead atoms. The molecule has 10 heteroatoms. The molecule has 3 aromatic heterocycles. The fourth-order valence-electron chi connectivity index (χ4n) is 3.40. The largest absolute Gasteiger partial charge is 0.444 e. The summed E-state index contributed by atoms with van der Waals surface area (Å²) >= 11 is 0. The summed E-state index contributed by atoms with van der Waals surface area (Å²) in [4.78, 5) is 37.2. The fraction of sp³-hybridized carbons (Fsp3) is 0.261. The van der Waals surface area contributed by atoms with Crippen LogP contribution in [-0.4, -0.2) is 49.3 Å². The lowest BCUT2D eigenvalue weighted by atomic mass is 9.98. The summed E-state index contributed by atoms with van der Waals surface area (Å²) in [5.74, 6) is -0.637. The summed E-state index contributed by atoms with van der Waals surface area (Å²) in [5, 5.41) is 12.3. The van der Waals surface area contributed by atoms with Crippen LogP contribution in [0.4, 0.5) is 10.6 Å². The van der Waals surface area contributed by atoms with E-state index in [1.165, 1.54) is 6.33 Å². The van der Waals surface area contributed by atoms with E-state index in [1.54, 1.807) is 39.4 Å². The van der Waals surface area contributed by atoms with E-state index in [-0.39, 0.29) is 12.5 Å². The topological polar surface area (TPSA) is 138 Å². The molecule has 2 amide bonds. The smallest absolute Gasteiger partial charge is 0.407 e. The average molecular weight is 447 g/mol. The number of nitrogens with zero attached hydrogens (tertiary/aromatic N) is 3. The Morgan fingerprint density at radius 1 is 1.12 bits per heavy atom. The second-order valence-corrected chi connectivity index (χ2v) is 8.47. The van der Waals surface area contributed by atoms with Gasteiger partial charge < -0.3 is 20.4 Å². The van der Waals surface area contributed by atoms with Crippen LogP contribution in [0.2, 0.25) is 0 Å². The number of hydrogen-bond donors (Lipinski definition) is 4. The van der Waals surface area contributed by atoms with Crippen molar-refractivity contribution in [3.8, 4) is 11.1 Å². The Labute approximate surface area is 190 Å². The van der Waals surface area contributed by atoms with Crippen LogP contribution in [-0.2, 0) is 9.53 Å². The van der Waals surface area contributed by atoms with Gasteiger partial charge in [0.2, 0.25) is 5.91 Å². The van der Waals surface area contributed by atoms with Crippen molar-refractivity contribution in [3.05, 3.63) is 60.8 Å². The number of H-pyrrole nitrogens is 2. The average Bonchev–Trinajstić information content (AvgIpc) is 3.43. The van der Waals surface area contributed by atoms with Crippen LogP contribution < -0.4 is 10.6 Å². The van der Waals surface area contributed by atoms with Crippen LogP contribution in [0.3, 0.4) is 0 Å². The first-order chi connectivity index (χ1) is 15.8. The van der Waals surface area contributed by atoms with Crippen LogP contribution in [0.15, 0.2) is 55.2 Å². The lowest BCUT2D eigenvalue weighted by Gasteiger charge is -2.22. The molecule has 0 fully saturated rings. The first-order valence-electron chi connectivity index (χ1n) is 10.5. The molecule has 4 rings (SSSR count). The molecule has 10 nitrogen and oxygen atoms in total. The Bertz CT molecular complexity index is 1240. The van der Waals surface area contributed by atoms with Gasteiger partial charge in [-0.1, -0.05) is 30.3 Å². The zero-order chi connectivity index (χ0) is 23.4. The van der Waals surface area contributed by atoms with Gasteiger partial charge in [0, 0.05) is 30.1 Å². The lowest BCUT2D eigenvalue weighted by molar-refractivity contribution is -0.117. The van der Waals surface area contributed by atoms with Crippen LogP contribution in [0.25, 0.3) is 22.2 Å². The summed E-state index contributed by atoms with van der Waals surface area (Å²) in [5.41, 5.74) is 3.06. The molecule has 0 unspecified atom stereocenters. The summed E-state index contributed by atoms with van der Waals surface area (Å²) in [6.45, 7) is 5.40. The third kappa shape index (κ3) is 5.17.